The number of amides is 1. The summed E-state index contributed by atoms with van der Waals surface area (Å²) in [6.07, 6.45) is 6.04. The number of nitrogens with zero attached hydrogens (tertiary/aromatic N) is 1. The maximum atomic E-state index is 12.7. The van der Waals surface area contributed by atoms with Crippen LogP contribution < -0.4 is 10.6 Å². The third-order valence-corrected chi connectivity index (χ3v) is 4.77. The topological polar surface area (TPSA) is 44.4 Å². The Morgan fingerprint density at radius 3 is 2.50 bits per heavy atom. The van der Waals surface area contributed by atoms with Crippen LogP contribution in [0.1, 0.15) is 52.9 Å². The Morgan fingerprint density at radius 1 is 1.20 bits per heavy atom. The van der Waals surface area contributed by atoms with E-state index in [1.165, 1.54) is 19.3 Å². The van der Waals surface area contributed by atoms with Gasteiger partial charge in [0.2, 0.25) is 5.91 Å². The maximum absolute atomic E-state index is 12.7. The van der Waals surface area contributed by atoms with E-state index in [2.05, 4.69) is 36.3 Å². The van der Waals surface area contributed by atoms with Crippen molar-refractivity contribution in [2.75, 3.05) is 19.6 Å². The summed E-state index contributed by atoms with van der Waals surface area (Å²) in [6.45, 7) is 9.74. The lowest BCUT2D eigenvalue weighted by Gasteiger charge is -2.38. The molecular formula is C16H31N3O. The summed E-state index contributed by atoms with van der Waals surface area (Å²) in [6, 6.07) is 0.730. The molecule has 0 radical (unpaired) electrons. The van der Waals surface area contributed by atoms with Crippen molar-refractivity contribution in [1.82, 2.24) is 15.5 Å². The van der Waals surface area contributed by atoms with Crippen LogP contribution in [0, 0.1) is 5.92 Å². The quantitative estimate of drug-likeness (QED) is 0.825. The van der Waals surface area contributed by atoms with Crippen molar-refractivity contribution in [3.63, 3.8) is 0 Å². The molecule has 2 rings (SSSR count). The largest absolute Gasteiger partial charge is 0.350 e. The van der Waals surface area contributed by atoms with Gasteiger partial charge >= 0.3 is 0 Å². The summed E-state index contributed by atoms with van der Waals surface area (Å²) in [7, 11) is 0. The van der Waals surface area contributed by atoms with Crippen molar-refractivity contribution in [1.29, 1.82) is 0 Å². The Hall–Kier alpha value is -0.610. The maximum Gasteiger partial charge on any atom is 0.237 e. The smallest absolute Gasteiger partial charge is 0.237 e. The molecule has 2 heterocycles. The Balaban J connectivity index is 1.95. The van der Waals surface area contributed by atoms with Crippen LogP contribution in [0.3, 0.4) is 0 Å². The fraction of sp³-hybridized carbons (Fsp3) is 0.938. The summed E-state index contributed by atoms with van der Waals surface area (Å²) in [5, 5.41) is 6.76. The molecule has 0 aromatic heterocycles. The first-order chi connectivity index (χ1) is 9.59. The van der Waals surface area contributed by atoms with Crippen LogP contribution in [0.25, 0.3) is 0 Å². The average molecular weight is 281 g/mol. The van der Waals surface area contributed by atoms with Crippen LogP contribution in [0.5, 0.6) is 0 Å². The molecule has 2 N–H and O–H groups in total. The van der Waals surface area contributed by atoms with Crippen molar-refractivity contribution in [3.8, 4) is 0 Å². The molecule has 2 saturated heterocycles. The van der Waals surface area contributed by atoms with E-state index in [1.807, 2.05) is 0 Å². The molecule has 1 amide bonds. The van der Waals surface area contributed by atoms with Crippen LogP contribution >= 0.6 is 0 Å². The van der Waals surface area contributed by atoms with Crippen molar-refractivity contribution in [2.45, 2.75) is 71.0 Å². The zero-order valence-electron chi connectivity index (χ0n) is 13.3. The third-order valence-electron chi connectivity index (χ3n) is 4.77. The van der Waals surface area contributed by atoms with Gasteiger partial charge < -0.3 is 10.6 Å². The summed E-state index contributed by atoms with van der Waals surface area (Å²) >= 11 is 0. The van der Waals surface area contributed by atoms with E-state index in [9.17, 15) is 4.79 Å². The molecule has 0 bridgehead atoms. The molecule has 0 spiro atoms. The summed E-state index contributed by atoms with van der Waals surface area (Å²) in [4.78, 5) is 15.1. The van der Waals surface area contributed by atoms with Crippen molar-refractivity contribution >= 4 is 5.91 Å². The first-order valence-electron chi connectivity index (χ1n) is 8.37. The van der Waals surface area contributed by atoms with Gasteiger partial charge in [-0.25, -0.2) is 0 Å². The van der Waals surface area contributed by atoms with Gasteiger partial charge in [0, 0.05) is 12.1 Å². The Kier molecular flexibility index (Phi) is 5.85. The van der Waals surface area contributed by atoms with Gasteiger partial charge in [-0.1, -0.05) is 20.3 Å². The predicted octanol–water partition coefficient (Wildman–Crippen LogP) is 1.75. The number of carbonyl (C=O) groups excluding carboxylic acids is 1. The van der Waals surface area contributed by atoms with Crippen molar-refractivity contribution < 1.29 is 4.79 Å². The lowest BCUT2D eigenvalue weighted by molar-refractivity contribution is -0.129. The van der Waals surface area contributed by atoms with Crippen LogP contribution in [0.15, 0.2) is 0 Å². The summed E-state index contributed by atoms with van der Waals surface area (Å²) in [5.41, 5.74) is 0. The Bertz CT molecular complexity index is 313. The molecule has 0 aliphatic carbocycles. The molecule has 116 valence electrons. The van der Waals surface area contributed by atoms with Gasteiger partial charge in [-0.05, 0) is 58.2 Å². The minimum absolute atomic E-state index is 0.0458. The van der Waals surface area contributed by atoms with Gasteiger partial charge in [0.25, 0.3) is 0 Å². The van der Waals surface area contributed by atoms with Crippen LogP contribution in [0.4, 0.5) is 0 Å². The van der Waals surface area contributed by atoms with E-state index < -0.39 is 0 Å². The van der Waals surface area contributed by atoms with Gasteiger partial charge in [0.05, 0.1) is 6.04 Å². The van der Waals surface area contributed by atoms with Crippen LogP contribution in [-0.2, 0) is 4.79 Å². The zero-order chi connectivity index (χ0) is 14.5. The lowest BCUT2D eigenvalue weighted by Crippen LogP contribution is -2.58. The van der Waals surface area contributed by atoms with Gasteiger partial charge in [-0.3, -0.25) is 9.69 Å². The third kappa shape index (κ3) is 3.95. The Labute approximate surface area is 123 Å². The van der Waals surface area contributed by atoms with Crippen molar-refractivity contribution in [2.24, 2.45) is 5.92 Å². The molecule has 0 saturated carbocycles. The number of hydrogen-bond acceptors (Lipinski definition) is 3. The first-order valence-corrected chi connectivity index (χ1v) is 8.37. The van der Waals surface area contributed by atoms with Gasteiger partial charge in [-0.15, -0.1) is 0 Å². The van der Waals surface area contributed by atoms with E-state index in [-0.39, 0.29) is 11.9 Å². The molecule has 0 aromatic carbocycles. The second-order valence-electron chi connectivity index (χ2n) is 6.79. The zero-order valence-corrected chi connectivity index (χ0v) is 13.3. The molecule has 4 heteroatoms. The van der Waals surface area contributed by atoms with Crippen LogP contribution in [0.2, 0.25) is 0 Å². The minimum Gasteiger partial charge on any atom is -0.350 e. The molecule has 20 heavy (non-hydrogen) atoms. The number of piperidine rings is 2. The van der Waals surface area contributed by atoms with Gasteiger partial charge in [0.15, 0.2) is 0 Å². The molecule has 4 nitrogen and oxygen atoms in total. The average Bonchev–Trinajstić information content (AvgIpc) is 2.42. The monoisotopic (exact) mass is 281 g/mol. The normalized spacial score (nSPS) is 30.2. The van der Waals surface area contributed by atoms with E-state index in [0.29, 0.717) is 18.0 Å². The fourth-order valence-corrected chi connectivity index (χ4v) is 3.60. The van der Waals surface area contributed by atoms with Crippen LogP contribution in [-0.4, -0.2) is 48.6 Å². The number of carbonyl (C=O) groups is 1. The highest BCUT2D eigenvalue weighted by atomic mass is 16.2. The summed E-state index contributed by atoms with van der Waals surface area (Å²) < 4.78 is 0. The molecular weight excluding hydrogens is 250 g/mol. The number of rotatable bonds is 4. The number of nitrogens with one attached hydrogen (secondary N) is 2. The number of hydrogen-bond donors (Lipinski definition) is 2. The highest BCUT2D eigenvalue weighted by Gasteiger charge is 2.32. The second kappa shape index (κ2) is 7.41. The van der Waals surface area contributed by atoms with Gasteiger partial charge in [-0.2, -0.15) is 0 Å². The molecule has 3 unspecified atom stereocenters. The molecule has 2 aliphatic rings. The molecule has 3 atom stereocenters. The SMILES string of the molecule is CC(C)C(C(=O)NC1CCCNC1C)N1CCCCC1. The van der Waals surface area contributed by atoms with E-state index in [4.69, 9.17) is 0 Å². The lowest BCUT2D eigenvalue weighted by atomic mass is 9.95. The fourth-order valence-electron chi connectivity index (χ4n) is 3.60. The van der Waals surface area contributed by atoms with E-state index in [0.717, 1.165) is 32.5 Å². The molecule has 2 aliphatic heterocycles. The second-order valence-corrected chi connectivity index (χ2v) is 6.79. The van der Waals surface area contributed by atoms with E-state index in [1.54, 1.807) is 0 Å². The standard InChI is InChI=1S/C16H31N3O/c1-12(2)15(19-10-5-4-6-11-19)16(20)18-14-8-7-9-17-13(14)3/h12-15,17H,4-11H2,1-3H3,(H,18,20). The number of likely N-dealkylation sites (tertiary alicyclic amines) is 1. The highest BCUT2D eigenvalue weighted by molar-refractivity contribution is 5.82. The van der Waals surface area contributed by atoms with Crippen molar-refractivity contribution in [3.05, 3.63) is 0 Å². The first kappa shape index (κ1) is 15.8. The molecule has 0 aromatic rings. The van der Waals surface area contributed by atoms with Gasteiger partial charge in [0.1, 0.15) is 0 Å². The molecule has 2 fully saturated rings. The summed E-state index contributed by atoms with van der Waals surface area (Å²) in [5.74, 6) is 0.613. The predicted molar refractivity (Wildman–Crippen MR) is 82.7 cm³/mol. The Morgan fingerprint density at radius 2 is 1.90 bits per heavy atom. The highest BCUT2D eigenvalue weighted by Crippen LogP contribution is 2.19. The minimum atomic E-state index is 0.0458. The van der Waals surface area contributed by atoms with E-state index >= 15 is 0 Å².